The molecule has 186 valence electrons. The van der Waals surface area contributed by atoms with Crippen LogP contribution in [0.3, 0.4) is 0 Å². The summed E-state index contributed by atoms with van der Waals surface area (Å²) >= 11 is 1.29. The zero-order valence-corrected chi connectivity index (χ0v) is 21.1. The third-order valence-electron chi connectivity index (χ3n) is 5.09. The predicted octanol–water partition coefficient (Wildman–Crippen LogP) is 4.16. The lowest BCUT2D eigenvalue weighted by atomic mass is 10.2. The van der Waals surface area contributed by atoms with Crippen molar-refractivity contribution in [3.8, 4) is 22.9 Å². The Morgan fingerprint density at radius 2 is 1.80 bits per heavy atom. The van der Waals surface area contributed by atoms with E-state index >= 15 is 0 Å². The number of imidazole rings is 1. The molecule has 0 aliphatic heterocycles. The Morgan fingerprint density at radius 1 is 1.06 bits per heavy atom. The molecule has 0 radical (unpaired) electrons. The number of aromatic nitrogens is 2. The maximum Gasteiger partial charge on any atom is 0.251 e. The summed E-state index contributed by atoms with van der Waals surface area (Å²) in [4.78, 5) is 29.4. The van der Waals surface area contributed by atoms with E-state index < -0.39 is 0 Å². The highest BCUT2D eigenvalue weighted by atomic mass is 32.2. The van der Waals surface area contributed by atoms with Gasteiger partial charge in [-0.1, -0.05) is 31.2 Å². The number of amides is 2. The van der Waals surface area contributed by atoms with Crippen LogP contribution < -0.4 is 24.8 Å². The molecule has 3 rings (SSSR count). The zero-order chi connectivity index (χ0) is 25.2. The first-order valence-corrected chi connectivity index (χ1v) is 12.1. The fourth-order valence-electron chi connectivity index (χ4n) is 3.35. The normalized spacial score (nSPS) is 10.5. The minimum absolute atomic E-state index is 0.112. The molecule has 2 aromatic carbocycles. The average Bonchev–Trinajstić information content (AvgIpc) is 3.35. The van der Waals surface area contributed by atoms with Gasteiger partial charge in [0.15, 0.2) is 16.7 Å². The first-order chi connectivity index (χ1) is 17.0. The van der Waals surface area contributed by atoms with Gasteiger partial charge in [0, 0.05) is 48.0 Å². The van der Waals surface area contributed by atoms with Gasteiger partial charge in [-0.05, 0) is 24.6 Å². The molecule has 1 aromatic heterocycles. The highest BCUT2D eigenvalue weighted by Crippen LogP contribution is 2.40. The number of thioether (sulfide) groups is 1. The van der Waals surface area contributed by atoms with Gasteiger partial charge in [-0.2, -0.15) is 0 Å². The van der Waals surface area contributed by atoms with Gasteiger partial charge in [0.25, 0.3) is 5.91 Å². The lowest BCUT2D eigenvalue weighted by Crippen LogP contribution is -2.24. The summed E-state index contributed by atoms with van der Waals surface area (Å²) in [6, 6.07) is 10.6. The topological polar surface area (TPSA) is 104 Å². The second-order valence-corrected chi connectivity index (χ2v) is 8.43. The summed E-state index contributed by atoms with van der Waals surface area (Å²) in [6.45, 7) is 2.72. The maximum atomic E-state index is 12.6. The number of nitrogens with one attached hydrogen (secondary N) is 2. The molecule has 0 saturated carbocycles. The van der Waals surface area contributed by atoms with Crippen LogP contribution in [-0.2, 0) is 4.79 Å². The first kappa shape index (κ1) is 26.0. The first-order valence-electron chi connectivity index (χ1n) is 11.1. The van der Waals surface area contributed by atoms with E-state index in [1.165, 1.54) is 33.1 Å². The molecule has 1 heterocycles. The Hall–Kier alpha value is -3.66. The molecule has 35 heavy (non-hydrogen) atoms. The molecule has 0 atom stereocenters. The van der Waals surface area contributed by atoms with Crippen molar-refractivity contribution in [1.29, 1.82) is 0 Å². The Bertz CT molecular complexity index is 1140. The molecule has 10 heteroatoms. The highest BCUT2D eigenvalue weighted by molar-refractivity contribution is 7.99. The minimum Gasteiger partial charge on any atom is -0.493 e. The van der Waals surface area contributed by atoms with Crippen LogP contribution in [0.2, 0.25) is 0 Å². The van der Waals surface area contributed by atoms with E-state index in [4.69, 9.17) is 14.2 Å². The van der Waals surface area contributed by atoms with Crippen molar-refractivity contribution in [1.82, 2.24) is 14.9 Å². The molecule has 2 amide bonds. The molecule has 2 N–H and O–H groups in total. The van der Waals surface area contributed by atoms with E-state index in [1.807, 2.05) is 22.8 Å². The Kier molecular flexibility index (Phi) is 9.42. The van der Waals surface area contributed by atoms with E-state index in [1.54, 1.807) is 30.6 Å². The van der Waals surface area contributed by atoms with Crippen LogP contribution in [0.5, 0.6) is 17.2 Å². The van der Waals surface area contributed by atoms with Gasteiger partial charge in [0.05, 0.1) is 27.1 Å². The second-order valence-electron chi connectivity index (χ2n) is 7.49. The summed E-state index contributed by atoms with van der Waals surface area (Å²) in [6.07, 6.45) is 5.41. The number of carbonyl (C=O) groups is 2. The van der Waals surface area contributed by atoms with Gasteiger partial charge in [-0.3, -0.25) is 14.2 Å². The van der Waals surface area contributed by atoms with Gasteiger partial charge in [-0.25, -0.2) is 4.98 Å². The molecule has 3 aromatic rings. The standard InChI is InChI=1S/C25H30N4O5S/c1-5-6-10-26-24(31)17-8-7-9-19(13-17)29-12-11-27-25(29)35-16-22(30)28-18-14-20(32-2)23(34-4)21(15-18)33-3/h7-9,11-15H,5-6,10,16H2,1-4H3,(H,26,31)(H,28,30). The molecule has 0 spiro atoms. The Balaban J connectivity index is 1.67. The minimum atomic E-state index is -0.220. The van der Waals surface area contributed by atoms with Gasteiger partial charge in [0.2, 0.25) is 11.7 Å². The highest BCUT2D eigenvalue weighted by Gasteiger charge is 2.16. The summed E-state index contributed by atoms with van der Waals surface area (Å²) < 4.78 is 17.8. The number of unbranched alkanes of at least 4 members (excludes halogenated alkanes) is 1. The third-order valence-corrected chi connectivity index (χ3v) is 6.06. The van der Waals surface area contributed by atoms with Crippen molar-refractivity contribution in [2.75, 3.05) is 38.9 Å². The number of hydrogen-bond donors (Lipinski definition) is 2. The Labute approximate surface area is 209 Å². The molecule has 9 nitrogen and oxygen atoms in total. The smallest absolute Gasteiger partial charge is 0.251 e. The van der Waals surface area contributed by atoms with Crippen LogP contribution in [0.25, 0.3) is 5.69 Å². The molecule has 0 saturated heterocycles. The largest absolute Gasteiger partial charge is 0.493 e. The van der Waals surface area contributed by atoms with Crippen LogP contribution in [0.4, 0.5) is 5.69 Å². The monoisotopic (exact) mass is 498 g/mol. The number of ether oxygens (including phenoxy) is 3. The lowest BCUT2D eigenvalue weighted by molar-refractivity contribution is -0.113. The molecule has 0 fully saturated rings. The van der Waals surface area contributed by atoms with Gasteiger partial charge >= 0.3 is 0 Å². The quantitative estimate of drug-likeness (QED) is 0.285. The van der Waals surface area contributed by atoms with Crippen LogP contribution in [0, 0.1) is 0 Å². The number of hydrogen-bond acceptors (Lipinski definition) is 7. The Morgan fingerprint density at radius 3 is 2.46 bits per heavy atom. The number of rotatable bonds is 12. The molecular formula is C25H30N4O5S. The van der Waals surface area contributed by atoms with Crippen molar-refractivity contribution < 1.29 is 23.8 Å². The van der Waals surface area contributed by atoms with Crippen LogP contribution in [-0.4, -0.2) is 55.0 Å². The van der Waals surface area contributed by atoms with Crippen LogP contribution in [0.1, 0.15) is 30.1 Å². The molecule has 0 unspecified atom stereocenters. The number of anilines is 1. The van der Waals surface area contributed by atoms with E-state index in [-0.39, 0.29) is 17.6 Å². The van der Waals surface area contributed by atoms with Crippen LogP contribution >= 0.6 is 11.8 Å². The fourth-order valence-corrected chi connectivity index (χ4v) is 4.12. The van der Waals surface area contributed by atoms with Crippen molar-refractivity contribution in [3.63, 3.8) is 0 Å². The lowest BCUT2D eigenvalue weighted by Gasteiger charge is -2.14. The number of nitrogens with zero attached hydrogens (tertiary/aromatic N) is 2. The summed E-state index contributed by atoms with van der Waals surface area (Å²) in [5.41, 5.74) is 1.89. The average molecular weight is 499 g/mol. The van der Waals surface area contributed by atoms with E-state index in [9.17, 15) is 9.59 Å². The summed E-state index contributed by atoms with van der Waals surface area (Å²) in [7, 11) is 4.55. The predicted molar refractivity (Wildman–Crippen MR) is 136 cm³/mol. The SMILES string of the molecule is CCCCNC(=O)c1cccc(-n2ccnc2SCC(=O)Nc2cc(OC)c(OC)c(OC)c2)c1. The summed E-state index contributed by atoms with van der Waals surface area (Å²) in [5.74, 6) is 1.14. The molecule has 0 aliphatic rings. The summed E-state index contributed by atoms with van der Waals surface area (Å²) in [5, 5.41) is 6.41. The van der Waals surface area contributed by atoms with Crippen molar-refractivity contribution in [2.45, 2.75) is 24.9 Å². The van der Waals surface area contributed by atoms with Gasteiger partial charge in [-0.15, -0.1) is 0 Å². The third kappa shape index (κ3) is 6.69. The van der Waals surface area contributed by atoms with E-state index in [0.29, 0.717) is 40.2 Å². The van der Waals surface area contributed by atoms with Crippen LogP contribution in [0.15, 0.2) is 53.9 Å². The van der Waals surface area contributed by atoms with Gasteiger partial charge < -0.3 is 24.8 Å². The van der Waals surface area contributed by atoms with E-state index in [0.717, 1.165) is 18.5 Å². The van der Waals surface area contributed by atoms with Crippen molar-refractivity contribution in [3.05, 3.63) is 54.4 Å². The number of carbonyl (C=O) groups excluding carboxylic acids is 2. The second kappa shape index (κ2) is 12.7. The van der Waals surface area contributed by atoms with Gasteiger partial charge in [0.1, 0.15) is 0 Å². The maximum absolute atomic E-state index is 12.6. The fraction of sp³-hybridized carbons (Fsp3) is 0.320. The van der Waals surface area contributed by atoms with Crippen molar-refractivity contribution >= 4 is 29.3 Å². The zero-order valence-electron chi connectivity index (χ0n) is 20.3. The van der Waals surface area contributed by atoms with E-state index in [2.05, 4.69) is 22.5 Å². The molecule has 0 aliphatic carbocycles. The van der Waals surface area contributed by atoms with Crippen molar-refractivity contribution in [2.24, 2.45) is 0 Å². The molecular weight excluding hydrogens is 468 g/mol. The molecule has 0 bridgehead atoms. The number of benzene rings is 2. The number of methoxy groups -OCH3 is 3.